The SMILES string of the molecule is O=C(c1ccccc1Cl)C1Cc2ccccc2CN1. The summed E-state index contributed by atoms with van der Waals surface area (Å²) < 4.78 is 0. The summed E-state index contributed by atoms with van der Waals surface area (Å²) in [5.41, 5.74) is 3.11. The van der Waals surface area contributed by atoms with E-state index in [1.54, 1.807) is 12.1 Å². The van der Waals surface area contributed by atoms with Crippen LogP contribution in [0.4, 0.5) is 0 Å². The number of carbonyl (C=O) groups excluding carboxylic acids is 1. The average Bonchev–Trinajstić information content (AvgIpc) is 2.46. The Labute approximate surface area is 117 Å². The second-order valence-electron chi connectivity index (χ2n) is 4.75. The molecule has 19 heavy (non-hydrogen) atoms. The quantitative estimate of drug-likeness (QED) is 0.850. The van der Waals surface area contributed by atoms with Crippen LogP contribution in [0.1, 0.15) is 21.5 Å². The lowest BCUT2D eigenvalue weighted by atomic mass is 9.91. The molecule has 1 unspecified atom stereocenters. The third kappa shape index (κ3) is 2.42. The van der Waals surface area contributed by atoms with Gasteiger partial charge in [-0.25, -0.2) is 0 Å². The fraction of sp³-hybridized carbons (Fsp3) is 0.188. The standard InChI is InChI=1S/C16H14ClNO/c17-14-8-4-3-7-13(14)16(19)15-9-11-5-1-2-6-12(11)10-18-15/h1-8,15,18H,9-10H2. The lowest BCUT2D eigenvalue weighted by Gasteiger charge is -2.25. The van der Waals surface area contributed by atoms with Crippen LogP contribution in [0.25, 0.3) is 0 Å². The zero-order valence-corrected chi connectivity index (χ0v) is 11.2. The second-order valence-corrected chi connectivity index (χ2v) is 5.16. The van der Waals surface area contributed by atoms with Crippen molar-refractivity contribution in [2.45, 2.75) is 19.0 Å². The van der Waals surface area contributed by atoms with Crippen LogP contribution in [0, 0.1) is 0 Å². The van der Waals surface area contributed by atoms with Gasteiger partial charge >= 0.3 is 0 Å². The Balaban J connectivity index is 1.86. The number of fused-ring (bicyclic) bond motifs is 1. The second kappa shape index (κ2) is 5.16. The predicted molar refractivity (Wildman–Crippen MR) is 76.6 cm³/mol. The van der Waals surface area contributed by atoms with E-state index in [0.29, 0.717) is 10.6 Å². The maximum absolute atomic E-state index is 12.5. The minimum Gasteiger partial charge on any atom is -0.303 e. The van der Waals surface area contributed by atoms with E-state index < -0.39 is 0 Å². The molecule has 0 fully saturated rings. The van der Waals surface area contributed by atoms with Crippen LogP contribution in [0.2, 0.25) is 5.02 Å². The number of hydrogen-bond donors (Lipinski definition) is 1. The molecule has 2 aromatic rings. The maximum atomic E-state index is 12.5. The molecule has 1 N–H and O–H groups in total. The van der Waals surface area contributed by atoms with Crippen LogP contribution in [0.3, 0.4) is 0 Å². The summed E-state index contributed by atoms with van der Waals surface area (Å²) >= 11 is 6.09. The van der Waals surface area contributed by atoms with Gasteiger partial charge in [-0.2, -0.15) is 0 Å². The largest absolute Gasteiger partial charge is 0.303 e. The van der Waals surface area contributed by atoms with Gasteiger partial charge < -0.3 is 5.32 Å². The molecule has 3 heteroatoms. The molecular weight excluding hydrogens is 258 g/mol. The highest BCUT2D eigenvalue weighted by molar-refractivity contribution is 6.34. The molecule has 0 saturated carbocycles. The summed E-state index contributed by atoms with van der Waals surface area (Å²) in [7, 11) is 0. The van der Waals surface area contributed by atoms with Crippen LogP contribution < -0.4 is 5.32 Å². The minimum absolute atomic E-state index is 0.0695. The summed E-state index contributed by atoms with van der Waals surface area (Å²) in [6, 6.07) is 15.3. The maximum Gasteiger partial charge on any atom is 0.181 e. The molecule has 96 valence electrons. The van der Waals surface area contributed by atoms with E-state index in [2.05, 4.69) is 17.4 Å². The highest BCUT2D eigenvalue weighted by Gasteiger charge is 2.25. The van der Waals surface area contributed by atoms with Crippen molar-refractivity contribution in [3.05, 3.63) is 70.2 Å². The summed E-state index contributed by atoms with van der Waals surface area (Å²) in [5, 5.41) is 3.81. The normalized spacial score (nSPS) is 17.8. The van der Waals surface area contributed by atoms with Crippen molar-refractivity contribution in [2.24, 2.45) is 0 Å². The molecule has 0 bridgehead atoms. The van der Waals surface area contributed by atoms with Crippen LogP contribution in [0.15, 0.2) is 48.5 Å². The first-order valence-electron chi connectivity index (χ1n) is 6.34. The number of Topliss-reactive ketones (excluding diaryl/α,β-unsaturated/α-hetero) is 1. The van der Waals surface area contributed by atoms with Crippen LogP contribution in [-0.2, 0) is 13.0 Å². The van der Waals surface area contributed by atoms with Gasteiger partial charge in [0, 0.05) is 12.1 Å². The Hall–Kier alpha value is -1.64. The van der Waals surface area contributed by atoms with E-state index in [-0.39, 0.29) is 11.8 Å². The number of rotatable bonds is 2. The van der Waals surface area contributed by atoms with Gasteiger partial charge in [0.1, 0.15) is 0 Å². The fourth-order valence-electron chi connectivity index (χ4n) is 2.49. The average molecular weight is 272 g/mol. The van der Waals surface area contributed by atoms with Crippen molar-refractivity contribution >= 4 is 17.4 Å². The van der Waals surface area contributed by atoms with Crippen molar-refractivity contribution in [3.63, 3.8) is 0 Å². The highest BCUT2D eigenvalue weighted by Crippen LogP contribution is 2.22. The predicted octanol–water partition coefficient (Wildman–Crippen LogP) is 3.24. The van der Waals surface area contributed by atoms with Crippen molar-refractivity contribution in [1.29, 1.82) is 0 Å². The third-order valence-corrected chi connectivity index (χ3v) is 3.87. The molecule has 1 atom stereocenters. The lowest BCUT2D eigenvalue weighted by molar-refractivity contribution is 0.0938. The van der Waals surface area contributed by atoms with Gasteiger partial charge in [0.05, 0.1) is 11.1 Å². The Bertz CT molecular complexity index is 624. The first-order chi connectivity index (χ1) is 9.25. The Morgan fingerprint density at radius 2 is 1.74 bits per heavy atom. The molecule has 1 aliphatic heterocycles. The summed E-state index contributed by atoms with van der Waals surface area (Å²) in [5.74, 6) is 0.0695. The number of carbonyl (C=O) groups is 1. The number of nitrogens with one attached hydrogen (secondary N) is 1. The van der Waals surface area contributed by atoms with E-state index in [9.17, 15) is 4.79 Å². The molecule has 0 aliphatic carbocycles. The number of ketones is 1. The Kier molecular flexibility index (Phi) is 3.36. The smallest absolute Gasteiger partial charge is 0.181 e. The van der Waals surface area contributed by atoms with E-state index in [1.807, 2.05) is 24.3 Å². The molecule has 1 aliphatic rings. The summed E-state index contributed by atoms with van der Waals surface area (Å²) in [6.07, 6.45) is 0.722. The number of hydrogen-bond acceptors (Lipinski definition) is 2. The molecule has 0 spiro atoms. The molecule has 2 nitrogen and oxygen atoms in total. The van der Waals surface area contributed by atoms with E-state index in [4.69, 9.17) is 11.6 Å². The summed E-state index contributed by atoms with van der Waals surface area (Å²) in [6.45, 7) is 0.733. The molecule has 0 aromatic heterocycles. The van der Waals surface area contributed by atoms with Gasteiger partial charge in [0.2, 0.25) is 0 Å². The van der Waals surface area contributed by atoms with Gasteiger partial charge in [-0.1, -0.05) is 48.0 Å². The zero-order valence-electron chi connectivity index (χ0n) is 10.4. The molecule has 3 rings (SSSR count). The Morgan fingerprint density at radius 1 is 1.05 bits per heavy atom. The van der Waals surface area contributed by atoms with Crippen molar-refractivity contribution in [1.82, 2.24) is 5.32 Å². The van der Waals surface area contributed by atoms with Crippen molar-refractivity contribution in [2.75, 3.05) is 0 Å². The number of halogens is 1. The minimum atomic E-state index is -0.185. The first-order valence-corrected chi connectivity index (χ1v) is 6.72. The number of benzene rings is 2. The van der Waals surface area contributed by atoms with Crippen LogP contribution >= 0.6 is 11.6 Å². The van der Waals surface area contributed by atoms with Crippen molar-refractivity contribution < 1.29 is 4.79 Å². The molecule has 1 heterocycles. The van der Waals surface area contributed by atoms with Gasteiger partial charge in [-0.05, 0) is 29.7 Å². The van der Waals surface area contributed by atoms with Gasteiger partial charge in [-0.15, -0.1) is 0 Å². The van der Waals surface area contributed by atoms with Gasteiger partial charge in [0.15, 0.2) is 5.78 Å². The van der Waals surface area contributed by atoms with E-state index >= 15 is 0 Å². The first kappa shape index (κ1) is 12.4. The fourth-order valence-corrected chi connectivity index (χ4v) is 2.72. The van der Waals surface area contributed by atoms with E-state index in [0.717, 1.165) is 13.0 Å². The molecule has 0 saturated heterocycles. The van der Waals surface area contributed by atoms with Crippen LogP contribution in [0.5, 0.6) is 0 Å². The summed E-state index contributed by atoms with van der Waals surface area (Å²) in [4.78, 5) is 12.5. The van der Waals surface area contributed by atoms with Crippen molar-refractivity contribution in [3.8, 4) is 0 Å². The Morgan fingerprint density at radius 3 is 2.53 bits per heavy atom. The van der Waals surface area contributed by atoms with Gasteiger partial charge in [0.25, 0.3) is 0 Å². The topological polar surface area (TPSA) is 29.1 Å². The monoisotopic (exact) mass is 271 g/mol. The molecule has 2 aromatic carbocycles. The third-order valence-electron chi connectivity index (χ3n) is 3.54. The highest BCUT2D eigenvalue weighted by atomic mass is 35.5. The lowest BCUT2D eigenvalue weighted by Crippen LogP contribution is -2.41. The molecular formula is C16H14ClNO. The van der Waals surface area contributed by atoms with Gasteiger partial charge in [-0.3, -0.25) is 4.79 Å². The van der Waals surface area contributed by atoms with Crippen LogP contribution in [-0.4, -0.2) is 11.8 Å². The zero-order chi connectivity index (χ0) is 13.2. The molecule has 0 radical (unpaired) electrons. The van der Waals surface area contributed by atoms with E-state index in [1.165, 1.54) is 11.1 Å². The molecule has 0 amide bonds.